The Morgan fingerprint density at radius 2 is 1.18 bits per heavy atom. The molecule has 5 heterocycles. The fraction of sp³-hybridized carbons (Fsp3) is 0.810. The molecule has 4 aliphatic carbocycles. The van der Waals surface area contributed by atoms with E-state index in [1.165, 1.54) is 27.2 Å². The number of fused-ring (bicyclic) bond motifs is 5. The molecular formula is C63H94O27. The molecule has 90 heavy (non-hydrogen) atoms. The first-order valence-corrected chi connectivity index (χ1v) is 31.4. The second-order valence-corrected chi connectivity index (χ2v) is 26.5. The van der Waals surface area contributed by atoms with Gasteiger partial charge in [-0.05, 0) is 96.6 Å². The van der Waals surface area contributed by atoms with E-state index in [2.05, 4.69) is 6.92 Å². The SMILES string of the molecule is CO[C@@H]1C(O)[C@H](O[C@@H]2C(C)O[C@@H](O[C@@H]3C(C)O[C@@H](O[C@H]4CC[C@@]5(C)C(=CC[C@]6(O)C5C[C@@H](OC(=O)/C=C/c5ccccc5)[C@@]5(C)[C@]6(O)CC[C@@]5(O)C(C)=O)C4)C[C@H]3OC)C[C@H]2OC)OC(C)[C@H]1O[C@@H]1OC(CO)[C@@H](O[C@@H]2OC(CO)[C@@H](O)[C@H](O)C2O)[C@H](O)C1O. The lowest BCUT2D eigenvalue weighted by atomic mass is 9.42. The molecule has 5 aliphatic heterocycles. The van der Waals surface area contributed by atoms with Crippen LogP contribution in [0.5, 0.6) is 0 Å². The number of ketones is 1. The van der Waals surface area contributed by atoms with Crippen molar-refractivity contribution in [3.63, 3.8) is 0 Å². The number of methoxy groups -OCH3 is 3. The summed E-state index contributed by atoms with van der Waals surface area (Å²) in [5, 5.41) is 123. The molecule has 3 saturated carbocycles. The number of aliphatic hydroxyl groups excluding tert-OH is 8. The summed E-state index contributed by atoms with van der Waals surface area (Å²) >= 11 is 0. The van der Waals surface area contributed by atoms with Crippen LogP contribution in [0.1, 0.15) is 105 Å². The Morgan fingerprint density at radius 1 is 0.611 bits per heavy atom. The highest BCUT2D eigenvalue weighted by Gasteiger charge is 2.81. The van der Waals surface area contributed by atoms with Gasteiger partial charge in [-0.3, -0.25) is 4.79 Å². The van der Waals surface area contributed by atoms with Crippen LogP contribution >= 0.6 is 0 Å². The summed E-state index contributed by atoms with van der Waals surface area (Å²) in [7, 11) is 4.40. The van der Waals surface area contributed by atoms with Crippen molar-refractivity contribution >= 4 is 17.8 Å². The number of aliphatic hydroxyl groups is 11. The lowest BCUT2D eigenvalue weighted by molar-refractivity contribution is -0.385. The Morgan fingerprint density at radius 3 is 1.79 bits per heavy atom. The lowest BCUT2D eigenvalue weighted by Crippen LogP contribution is -2.78. The molecule has 0 bridgehead atoms. The normalized spacial score (nSPS) is 49.7. The zero-order chi connectivity index (χ0) is 65.2. The highest BCUT2D eigenvalue weighted by molar-refractivity contribution is 5.89. The maximum absolute atomic E-state index is 13.7. The van der Waals surface area contributed by atoms with Crippen LogP contribution < -0.4 is 0 Å². The number of carbonyl (C=O) groups is 2. The number of carbonyl (C=O) groups excluding carboxylic acids is 2. The van der Waals surface area contributed by atoms with E-state index in [0.717, 1.165) is 11.1 Å². The summed E-state index contributed by atoms with van der Waals surface area (Å²) in [6, 6.07) is 9.20. The molecule has 27 heteroatoms. The number of benzene rings is 1. The summed E-state index contributed by atoms with van der Waals surface area (Å²) in [6.45, 7) is 8.56. The van der Waals surface area contributed by atoms with Crippen molar-refractivity contribution in [2.45, 2.75) is 270 Å². The van der Waals surface area contributed by atoms with Crippen LogP contribution in [0.3, 0.4) is 0 Å². The minimum Gasteiger partial charge on any atom is -0.458 e. The predicted octanol–water partition coefficient (Wildman–Crippen LogP) is -0.680. The van der Waals surface area contributed by atoms with Gasteiger partial charge in [0, 0.05) is 46.2 Å². The lowest BCUT2D eigenvalue weighted by Gasteiger charge is -2.67. The van der Waals surface area contributed by atoms with E-state index >= 15 is 0 Å². The van der Waals surface area contributed by atoms with Crippen LogP contribution in [0.25, 0.3) is 6.08 Å². The molecular weight excluding hydrogens is 1190 g/mol. The summed E-state index contributed by atoms with van der Waals surface area (Å²) in [4.78, 5) is 27.0. The summed E-state index contributed by atoms with van der Waals surface area (Å²) in [5.41, 5.74) is -6.54. The molecule has 5 saturated heterocycles. The van der Waals surface area contributed by atoms with Gasteiger partial charge in [0.1, 0.15) is 102 Å². The standard InChI is InChI=1S/C63H94O27/c1-29-51(87-44-25-37(78-8)52(30(2)81-44)88-58-50(73)55(79-9)53(31(3)82-58)89-57-49(72)47(70)54(39(28-65)85-57)90-56-48(71)46(69)45(68)38(27-64)84-56)36(77-7)24-43(80-29)83-35-18-19-59(5)34(23-35)17-20-62(75)40(59)26-41(86-42(67)16-15-33-13-11-10-12-14-33)60(6)61(74,32(4)66)21-22-63(60,62)76/h10-17,29-31,35-41,43-58,64-65,68-76H,18-28H2,1-9H3/b16-15+/t29?,30?,31?,35-,36+,37+,38?,39?,40?,41+,43-,44-,45+,46-,47+,48?,49?,50?,51+,52+,53+,54+,55+,56-,57-,58-,59-,60+,61+,62-,63+/m0/s1. The number of hydrogen-bond acceptors (Lipinski definition) is 27. The molecule has 9 aliphatic rings. The minimum absolute atomic E-state index is 0.0391. The molecule has 9 unspecified atom stereocenters. The largest absolute Gasteiger partial charge is 0.458 e. The van der Waals surface area contributed by atoms with Crippen LogP contribution in [0, 0.1) is 16.7 Å². The average molecular weight is 1280 g/mol. The van der Waals surface area contributed by atoms with E-state index < -0.39 is 206 Å². The van der Waals surface area contributed by atoms with Crippen molar-refractivity contribution < 1.29 is 132 Å². The van der Waals surface area contributed by atoms with Crippen molar-refractivity contribution in [3.05, 3.63) is 53.6 Å². The third-order valence-corrected chi connectivity index (χ3v) is 21.7. The zero-order valence-corrected chi connectivity index (χ0v) is 52.4. The number of hydrogen-bond donors (Lipinski definition) is 11. The van der Waals surface area contributed by atoms with E-state index in [1.54, 1.807) is 34.0 Å². The smallest absolute Gasteiger partial charge is 0.331 e. The molecule has 27 nitrogen and oxygen atoms in total. The summed E-state index contributed by atoms with van der Waals surface area (Å²) < 4.78 is 86.0. The first-order valence-electron chi connectivity index (χ1n) is 31.4. The first-order chi connectivity index (χ1) is 42.6. The molecule has 8 fully saturated rings. The van der Waals surface area contributed by atoms with Gasteiger partial charge in [0.2, 0.25) is 0 Å². The topological polar surface area (TPSA) is 386 Å². The van der Waals surface area contributed by atoms with Gasteiger partial charge in [-0.15, -0.1) is 0 Å². The number of esters is 1. The van der Waals surface area contributed by atoms with Gasteiger partial charge in [-0.2, -0.15) is 0 Å². The van der Waals surface area contributed by atoms with Gasteiger partial charge in [-0.25, -0.2) is 4.79 Å². The van der Waals surface area contributed by atoms with Crippen molar-refractivity contribution in [2.75, 3.05) is 34.5 Å². The fourth-order valence-corrected chi connectivity index (χ4v) is 16.3. The maximum Gasteiger partial charge on any atom is 0.331 e. The monoisotopic (exact) mass is 1280 g/mol. The van der Waals surface area contributed by atoms with Gasteiger partial charge in [0.25, 0.3) is 0 Å². The highest BCUT2D eigenvalue weighted by atomic mass is 16.8. The van der Waals surface area contributed by atoms with Gasteiger partial charge >= 0.3 is 5.97 Å². The highest BCUT2D eigenvalue weighted by Crippen LogP contribution is 2.71. The van der Waals surface area contributed by atoms with Crippen molar-refractivity contribution in [3.8, 4) is 0 Å². The third kappa shape index (κ3) is 12.4. The molecule has 1 aromatic rings. The number of Topliss-reactive ketones (excluding diaryl/α,β-unsaturated/α-hetero) is 1. The molecule has 1 aromatic carbocycles. The van der Waals surface area contributed by atoms with E-state index in [0.29, 0.717) is 25.7 Å². The molecule has 0 radical (unpaired) electrons. The molecule has 0 aromatic heterocycles. The quantitative estimate of drug-likeness (QED) is 0.0464. The Balaban J connectivity index is 0.736. The predicted molar refractivity (Wildman–Crippen MR) is 308 cm³/mol. The van der Waals surface area contributed by atoms with E-state index in [1.807, 2.05) is 43.3 Å². The minimum atomic E-state index is -2.08. The maximum atomic E-state index is 13.7. The fourth-order valence-electron chi connectivity index (χ4n) is 16.3. The van der Waals surface area contributed by atoms with Crippen LogP contribution in [0.15, 0.2) is 48.1 Å². The van der Waals surface area contributed by atoms with Crippen LogP contribution in [0.4, 0.5) is 0 Å². The zero-order valence-electron chi connectivity index (χ0n) is 52.4. The van der Waals surface area contributed by atoms with E-state index in [9.17, 15) is 65.8 Å². The van der Waals surface area contributed by atoms with Gasteiger partial charge in [0.05, 0.1) is 55.3 Å². The molecule has 0 amide bonds. The average Bonchev–Trinajstić information content (AvgIpc) is 1.34. The van der Waals surface area contributed by atoms with Crippen molar-refractivity contribution in [1.29, 1.82) is 0 Å². The van der Waals surface area contributed by atoms with Crippen LogP contribution in [-0.4, -0.2) is 273 Å². The molecule has 31 atom stereocenters. The molecule has 11 N–H and O–H groups in total. The Bertz CT molecular complexity index is 2670. The summed E-state index contributed by atoms with van der Waals surface area (Å²) in [6.07, 6.45) is -23.0. The van der Waals surface area contributed by atoms with Crippen LogP contribution in [0.2, 0.25) is 0 Å². The van der Waals surface area contributed by atoms with Gasteiger partial charge in [-0.1, -0.05) is 48.9 Å². The van der Waals surface area contributed by atoms with Crippen LogP contribution in [-0.2, 0) is 75.9 Å². The summed E-state index contributed by atoms with van der Waals surface area (Å²) in [5.74, 6) is -1.91. The Hall–Kier alpha value is -3.12. The first kappa shape index (κ1) is 69.7. The van der Waals surface area contributed by atoms with Gasteiger partial charge < -0.3 is 122 Å². The Labute approximate surface area is 522 Å². The second kappa shape index (κ2) is 27.5. The Kier molecular flexibility index (Phi) is 21.3. The van der Waals surface area contributed by atoms with Gasteiger partial charge in [0.15, 0.2) is 37.2 Å². The van der Waals surface area contributed by atoms with E-state index in [4.69, 9.17) is 66.3 Å². The number of ether oxygens (including phenoxy) is 14. The second-order valence-electron chi connectivity index (χ2n) is 26.5. The van der Waals surface area contributed by atoms with Crippen molar-refractivity contribution in [1.82, 2.24) is 0 Å². The third-order valence-electron chi connectivity index (χ3n) is 21.7. The molecule has 0 spiro atoms. The van der Waals surface area contributed by atoms with E-state index in [-0.39, 0.29) is 38.2 Å². The molecule has 508 valence electrons. The number of rotatable bonds is 19. The molecule has 10 rings (SSSR count). The van der Waals surface area contributed by atoms with Crippen molar-refractivity contribution in [2.24, 2.45) is 16.7 Å².